The van der Waals surface area contributed by atoms with Gasteiger partial charge in [0.25, 0.3) is 0 Å². The highest BCUT2D eigenvalue weighted by molar-refractivity contribution is 7.20. The summed E-state index contributed by atoms with van der Waals surface area (Å²) in [6.45, 7) is 1.99. The fourth-order valence-electron chi connectivity index (χ4n) is 2.74. The minimum Gasteiger partial charge on any atom is -0.497 e. The standard InChI is InChI=1S/C22H23N3O4S/c1-3-29-22(27)25-21-24-19(16-7-5-4-6-8-16)20(30-21)23-18(26)14-11-15-9-12-17(28-2)13-10-15/h4-10,12-13H,3,11,14H2,1-2H3,(H,23,26)(H,24,25,27). The Bertz CT molecular complexity index is 987. The van der Waals surface area contributed by atoms with Gasteiger partial charge in [-0.1, -0.05) is 53.8 Å². The van der Waals surface area contributed by atoms with Gasteiger partial charge in [0, 0.05) is 12.0 Å². The van der Waals surface area contributed by atoms with Gasteiger partial charge in [0.05, 0.1) is 13.7 Å². The highest BCUT2D eigenvalue weighted by Gasteiger charge is 2.17. The Balaban J connectivity index is 1.71. The fourth-order valence-corrected chi connectivity index (χ4v) is 3.63. The van der Waals surface area contributed by atoms with Gasteiger partial charge in [0.1, 0.15) is 16.4 Å². The van der Waals surface area contributed by atoms with Gasteiger partial charge >= 0.3 is 6.09 Å². The quantitative estimate of drug-likeness (QED) is 0.532. The lowest BCUT2D eigenvalue weighted by molar-refractivity contribution is -0.116. The van der Waals surface area contributed by atoms with E-state index >= 15 is 0 Å². The highest BCUT2D eigenvalue weighted by Crippen LogP contribution is 2.36. The van der Waals surface area contributed by atoms with Crippen LogP contribution in [-0.2, 0) is 16.0 Å². The number of aryl methyl sites for hydroxylation is 1. The van der Waals surface area contributed by atoms with Crippen LogP contribution in [-0.4, -0.2) is 30.7 Å². The first kappa shape index (κ1) is 21.3. The van der Waals surface area contributed by atoms with Crippen LogP contribution in [0.25, 0.3) is 11.3 Å². The molecule has 0 saturated carbocycles. The summed E-state index contributed by atoms with van der Waals surface area (Å²) in [6, 6.07) is 17.1. The van der Waals surface area contributed by atoms with Crippen LogP contribution in [0, 0.1) is 0 Å². The van der Waals surface area contributed by atoms with E-state index in [0.29, 0.717) is 28.7 Å². The Kier molecular flexibility index (Phi) is 7.40. The number of methoxy groups -OCH3 is 1. The van der Waals surface area contributed by atoms with Crippen LogP contribution < -0.4 is 15.4 Å². The first-order valence-electron chi connectivity index (χ1n) is 9.52. The first-order chi connectivity index (χ1) is 14.6. The number of carbonyl (C=O) groups is 2. The molecule has 2 amide bonds. The van der Waals surface area contributed by atoms with Gasteiger partial charge < -0.3 is 14.8 Å². The van der Waals surface area contributed by atoms with Crippen molar-refractivity contribution in [2.24, 2.45) is 0 Å². The number of hydrogen-bond donors (Lipinski definition) is 2. The topological polar surface area (TPSA) is 89.5 Å². The van der Waals surface area contributed by atoms with Gasteiger partial charge in [-0.15, -0.1) is 0 Å². The number of rotatable bonds is 8. The van der Waals surface area contributed by atoms with Crippen molar-refractivity contribution < 1.29 is 19.1 Å². The summed E-state index contributed by atoms with van der Waals surface area (Å²) < 4.78 is 10.1. The molecule has 1 aromatic heterocycles. The third-order valence-corrected chi connectivity index (χ3v) is 5.10. The lowest BCUT2D eigenvalue weighted by atomic mass is 10.1. The second-order valence-corrected chi connectivity index (χ2v) is 7.30. The van der Waals surface area contributed by atoms with Crippen molar-refractivity contribution >= 4 is 33.5 Å². The molecule has 0 unspecified atom stereocenters. The Labute approximate surface area is 179 Å². The lowest BCUT2D eigenvalue weighted by Crippen LogP contribution is -2.12. The Morgan fingerprint density at radius 2 is 1.77 bits per heavy atom. The molecule has 0 aliphatic rings. The number of carbonyl (C=O) groups excluding carboxylic acids is 2. The normalized spacial score (nSPS) is 10.3. The zero-order valence-corrected chi connectivity index (χ0v) is 17.6. The van der Waals surface area contributed by atoms with Gasteiger partial charge in [0.2, 0.25) is 5.91 Å². The average Bonchev–Trinajstić information content (AvgIpc) is 3.15. The molecule has 8 heteroatoms. The third kappa shape index (κ3) is 5.81. The molecule has 156 valence electrons. The Hall–Kier alpha value is -3.39. The maximum atomic E-state index is 12.6. The molecule has 3 rings (SSSR count). The van der Waals surface area contributed by atoms with Crippen molar-refractivity contribution in [2.45, 2.75) is 19.8 Å². The van der Waals surface area contributed by atoms with Crippen LogP contribution in [0.1, 0.15) is 18.9 Å². The average molecular weight is 426 g/mol. The molecular weight excluding hydrogens is 402 g/mol. The summed E-state index contributed by atoms with van der Waals surface area (Å²) in [7, 11) is 1.62. The Morgan fingerprint density at radius 3 is 2.43 bits per heavy atom. The van der Waals surface area contributed by atoms with Crippen molar-refractivity contribution in [2.75, 3.05) is 24.4 Å². The summed E-state index contributed by atoms with van der Waals surface area (Å²) >= 11 is 1.19. The number of benzene rings is 2. The zero-order chi connectivity index (χ0) is 21.3. The maximum absolute atomic E-state index is 12.6. The molecule has 0 atom stereocenters. The number of nitrogens with zero attached hydrogens (tertiary/aromatic N) is 1. The molecule has 1 heterocycles. The Morgan fingerprint density at radius 1 is 1.03 bits per heavy atom. The van der Waals surface area contributed by atoms with Crippen LogP contribution in [0.15, 0.2) is 54.6 Å². The van der Waals surface area contributed by atoms with Crippen LogP contribution in [0.2, 0.25) is 0 Å². The summed E-state index contributed by atoms with van der Waals surface area (Å²) in [5.74, 6) is 0.649. The number of hydrogen-bond acceptors (Lipinski definition) is 6. The molecule has 3 aromatic rings. The number of ether oxygens (including phenoxy) is 2. The van der Waals surface area contributed by atoms with E-state index in [2.05, 4.69) is 15.6 Å². The van der Waals surface area contributed by atoms with E-state index in [1.807, 2.05) is 54.6 Å². The summed E-state index contributed by atoms with van der Waals surface area (Å²) in [5, 5.41) is 6.46. The molecule has 0 saturated heterocycles. The molecule has 0 bridgehead atoms. The molecule has 30 heavy (non-hydrogen) atoms. The smallest absolute Gasteiger partial charge is 0.413 e. The summed E-state index contributed by atoms with van der Waals surface area (Å²) in [5.41, 5.74) is 2.49. The number of thiazole rings is 1. The van der Waals surface area contributed by atoms with Crippen molar-refractivity contribution in [3.8, 4) is 17.0 Å². The van der Waals surface area contributed by atoms with E-state index in [0.717, 1.165) is 16.9 Å². The summed E-state index contributed by atoms with van der Waals surface area (Å²) in [4.78, 5) is 28.8. The van der Waals surface area contributed by atoms with Gasteiger partial charge in [-0.3, -0.25) is 10.1 Å². The number of aromatic nitrogens is 1. The third-order valence-electron chi connectivity index (χ3n) is 4.21. The van der Waals surface area contributed by atoms with E-state index in [-0.39, 0.29) is 12.5 Å². The molecule has 2 aromatic carbocycles. The van der Waals surface area contributed by atoms with E-state index in [4.69, 9.17) is 9.47 Å². The first-order valence-corrected chi connectivity index (χ1v) is 10.3. The van der Waals surface area contributed by atoms with E-state index in [1.165, 1.54) is 11.3 Å². The van der Waals surface area contributed by atoms with Crippen LogP contribution in [0.5, 0.6) is 5.75 Å². The fraction of sp³-hybridized carbons (Fsp3) is 0.227. The van der Waals surface area contributed by atoms with Crippen LogP contribution in [0.3, 0.4) is 0 Å². The molecule has 0 fully saturated rings. The maximum Gasteiger partial charge on any atom is 0.413 e. The van der Waals surface area contributed by atoms with E-state index in [9.17, 15) is 9.59 Å². The predicted octanol–water partition coefficient (Wildman–Crippen LogP) is 4.96. The second kappa shape index (κ2) is 10.4. The van der Waals surface area contributed by atoms with Crippen molar-refractivity contribution in [1.29, 1.82) is 0 Å². The number of nitrogens with one attached hydrogen (secondary N) is 2. The summed E-state index contributed by atoms with van der Waals surface area (Å²) in [6.07, 6.45) is 0.339. The molecule has 0 spiro atoms. The number of anilines is 2. The van der Waals surface area contributed by atoms with Crippen molar-refractivity contribution in [3.05, 3.63) is 60.2 Å². The number of amides is 2. The lowest BCUT2D eigenvalue weighted by Gasteiger charge is -2.06. The molecule has 0 aliphatic carbocycles. The predicted molar refractivity (Wildman–Crippen MR) is 118 cm³/mol. The van der Waals surface area contributed by atoms with Gasteiger partial charge in [0.15, 0.2) is 5.13 Å². The largest absolute Gasteiger partial charge is 0.497 e. The second-order valence-electron chi connectivity index (χ2n) is 6.30. The van der Waals surface area contributed by atoms with Crippen LogP contribution in [0.4, 0.5) is 14.9 Å². The van der Waals surface area contributed by atoms with E-state index in [1.54, 1.807) is 14.0 Å². The van der Waals surface area contributed by atoms with E-state index < -0.39 is 6.09 Å². The molecule has 0 aliphatic heterocycles. The van der Waals surface area contributed by atoms with Crippen molar-refractivity contribution in [3.63, 3.8) is 0 Å². The van der Waals surface area contributed by atoms with Crippen molar-refractivity contribution in [1.82, 2.24) is 4.98 Å². The SMILES string of the molecule is CCOC(=O)Nc1nc(-c2ccccc2)c(NC(=O)CCc2ccc(OC)cc2)s1. The zero-order valence-electron chi connectivity index (χ0n) is 16.8. The minimum absolute atomic E-state index is 0.130. The highest BCUT2D eigenvalue weighted by atomic mass is 32.1. The molecular formula is C22H23N3O4S. The molecule has 0 radical (unpaired) electrons. The monoisotopic (exact) mass is 425 g/mol. The molecule has 2 N–H and O–H groups in total. The molecule has 7 nitrogen and oxygen atoms in total. The van der Waals surface area contributed by atoms with Gasteiger partial charge in [-0.25, -0.2) is 9.78 Å². The van der Waals surface area contributed by atoms with Gasteiger partial charge in [-0.05, 0) is 31.0 Å². The van der Waals surface area contributed by atoms with Crippen LogP contribution >= 0.6 is 11.3 Å². The van der Waals surface area contributed by atoms with Gasteiger partial charge in [-0.2, -0.15) is 0 Å². The minimum atomic E-state index is -0.580.